The molecule has 0 aliphatic carbocycles. The zero-order valence-corrected chi connectivity index (χ0v) is 12.8. The summed E-state index contributed by atoms with van der Waals surface area (Å²) < 4.78 is 11.2. The van der Waals surface area contributed by atoms with Crippen LogP contribution in [0, 0.1) is 25.7 Å². The van der Waals surface area contributed by atoms with Crippen LogP contribution in [-0.4, -0.2) is 46.1 Å². The fourth-order valence-electron chi connectivity index (χ4n) is 3.23. The van der Waals surface area contributed by atoms with Crippen LogP contribution in [0.15, 0.2) is 4.52 Å². The van der Waals surface area contributed by atoms with E-state index in [0.29, 0.717) is 23.6 Å². The Kier molecular flexibility index (Phi) is 3.15. The number of anilines is 1. The zero-order chi connectivity index (χ0) is 14.4. The minimum Gasteiger partial charge on any atom is -0.376 e. The third-order valence-corrected chi connectivity index (χ3v) is 5.13. The maximum atomic E-state index is 5.95. The van der Waals surface area contributed by atoms with Crippen molar-refractivity contribution in [3.63, 3.8) is 0 Å². The van der Waals surface area contributed by atoms with Gasteiger partial charge in [-0.15, -0.1) is 10.2 Å². The second kappa shape index (κ2) is 5.03. The first kappa shape index (κ1) is 13.1. The maximum absolute atomic E-state index is 5.95. The Labute approximate surface area is 126 Å². The summed E-state index contributed by atoms with van der Waals surface area (Å²) in [6, 6.07) is 0. The Balaban J connectivity index is 1.46. The van der Waals surface area contributed by atoms with Crippen LogP contribution in [0.4, 0.5) is 5.13 Å². The molecule has 3 atom stereocenters. The molecule has 0 spiro atoms. The Hall–Kier alpha value is -1.54. The van der Waals surface area contributed by atoms with E-state index in [0.717, 1.165) is 36.3 Å². The Morgan fingerprint density at radius 3 is 2.90 bits per heavy atom. The van der Waals surface area contributed by atoms with Crippen molar-refractivity contribution in [3.05, 3.63) is 16.7 Å². The molecule has 4 rings (SSSR count). The lowest BCUT2D eigenvalue weighted by molar-refractivity contribution is 0.111. The quantitative estimate of drug-likeness (QED) is 0.844. The van der Waals surface area contributed by atoms with Crippen LogP contribution in [-0.2, 0) is 11.2 Å². The topological polar surface area (TPSA) is 77.2 Å². The summed E-state index contributed by atoms with van der Waals surface area (Å²) in [5.74, 6) is 2.35. The Morgan fingerprint density at radius 2 is 2.19 bits per heavy atom. The van der Waals surface area contributed by atoms with Gasteiger partial charge in [-0.2, -0.15) is 4.98 Å². The van der Waals surface area contributed by atoms with Gasteiger partial charge in [0.05, 0.1) is 12.7 Å². The molecule has 21 heavy (non-hydrogen) atoms. The molecule has 2 aliphatic rings. The number of aryl methyl sites for hydroxylation is 2. The molecule has 2 saturated heterocycles. The molecular weight excluding hydrogens is 290 g/mol. The summed E-state index contributed by atoms with van der Waals surface area (Å²) in [5, 5.41) is 14.2. The Bertz CT molecular complexity index is 642. The second-order valence-corrected chi connectivity index (χ2v) is 6.90. The Morgan fingerprint density at radius 1 is 1.29 bits per heavy atom. The minimum atomic E-state index is 0.281. The van der Waals surface area contributed by atoms with Crippen LogP contribution in [0.1, 0.15) is 16.7 Å². The summed E-state index contributed by atoms with van der Waals surface area (Å²) in [4.78, 5) is 6.58. The molecule has 8 heteroatoms. The van der Waals surface area contributed by atoms with Crippen LogP contribution in [0.2, 0.25) is 0 Å². The molecule has 2 fully saturated rings. The predicted octanol–water partition coefficient (Wildman–Crippen LogP) is 1.23. The molecule has 4 heterocycles. The van der Waals surface area contributed by atoms with E-state index in [1.165, 1.54) is 0 Å². The summed E-state index contributed by atoms with van der Waals surface area (Å²) >= 11 is 1.64. The normalized spacial score (nSPS) is 28.3. The van der Waals surface area contributed by atoms with Gasteiger partial charge in [-0.05, 0) is 19.8 Å². The smallest absolute Gasteiger partial charge is 0.227 e. The number of ether oxygens (including phenoxy) is 1. The van der Waals surface area contributed by atoms with Crippen LogP contribution < -0.4 is 4.90 Å². The van der Waals surface area contributed by atoms with Gasteiger partial charge >= 0.3 is 0 Å². The third-order valence-electron chi connectivity index (χ3n) is 4.23. The largest absolute Gasteiger partial charge is 0.376 e. The van der Waals surface area contributed by atoms with Crippen molar-refractivity contribution in [3.8, 4) is 0 Å². The van der Waals surface area contributed by atoms with Crippen molar-refractivity contribution in [1.82, 2.24) is 20.3 Å². The number of rotatable bonds is 3. The lowest BCUT2D eigenvalue weighted by Gasteiger charge is -2.17. The summed E-state index contributed by atoms with van der Waals surface area (Å²) in [6.07, 6.45) is 1.08. The zero-order valence-electron chi connectivity index (χ0n) is 12.0. The number of nitrogens with zero attached hydrogens (tertiary/aromatic N) is 5. The van der Waals surface area contributed by atoms with Gasteiger partial charge in [-0.25, -0.2) is 0 Å². The molecule has 112 valence electrons. The van der Waals surface area contributed by atoms with Gasteiger partial charge in [0.2, 0.25) is 11.0 Å². The van der Waals surface area contributed by atoms with Crippen molar-refractivity contribution in [2.75, 3.05) is 24.6 Å². The first-order valence-electron chi connectivity index (χ1n) is 7.15. The lowest BCUT2D eigenvalue weighted by atomic mass is 9.90. The molecule has 0 saturated carbocycles. The van der Waals surface area contributed by atoms with Crippen LogP contribution in [0.25, 0.3) is 0 Å². The van der Waals surface area contributed by atoms with Crippen molar-refractivity contribution in [2.45, 2.75) is 26.4 Å². The second-order valence-electron chi connectivity index (χ2n) is 5.74. The molecule has 0 amide bonds. The van der Waals surface area contributed by atoms with Crippen LogP contribution in [0.3, 0.4) is 0 Å². The van der Waals surface area contributed by atoms with Crippen LogP contribution >= 0.6 is 11.3 Å². The highest BCUT2D eigenvalue weighted by Gasteiger charge is 2.45. The van der Waals surface area contributed by atoms with Crippen molar-refractivity contribution in [1.29, 1.82) is 0 Å². The van der Waals surface area contributed by atoms with E-state index < -0.39 is 0 Å². The predicted molar refractivity (Wildman–Crippen MR) is 76.3 cm³/mol. The van der Waals surface area contributed by atoms with Gasteiger partial charge in [0.1, 0.15) is 5.01 Å². The SMILES string of the molecule is Cc1noc(C[C@H]2CO[C@@H]3CN(c4nnc(C)s4)C[C@H]23)n1. The third kappa shape index (κ3) is 2.42. The van der Waals surface area contributed by atoms with E-state index in [2.05, 4.69) is 25.2 Å². The van der Waals surface area contributed by atoms with Gasteiger partial charge in [0.25, 0.3) is 0 Å². The van der Waals surface area contributed by atoms with Crippen LogP contribution in [0.5, 0.6) is 0 Å². The molecule has 0 aromatic carbocycles. The monoisotopic (exact) mass is 307 g/mol. The average Bonchev–Trinajstić information content (AvgIpc) is 3.16. The summed E-state index contributed by atoms with van der Waals surface area (Å²) in [5.41, 5.74) is 0. The van der Waals surface area contributed by atoms with Crippen molar-refractivity contribution < 1.29 is 9.26 Å². The first-order chi connectivity index (χ1) is 10.2. The molecule has 0 radical (unpaired) electrons. The first-order valence-corrected chi connectivity index (χ1v) is 7.96. The number of fused-ring (bicyclic) bond motifs is 1. The van der Waals surface area contributed by atoms with E-state index in [1.54, 1.807) is 11.3 Å². The van der Waals surface area contributed by atoms with Gasteiger partial charge < -0.3 is 14.2 Å². The highest BCUT2D eigenvalue weighted by Crippen LogP contribution is 2.37. The fraction of sp³-hybridized carbons (Fsp3) is 0.692. The maximum Gasteiger partial charge on any atom is 0.227 e. The van der Waals surface area contributed by atoms with E-state index in [-0.39, 0.29) is 6.10 Å². The summed E-state index contributed by atoms with van der Waals surface area (Å²) in [6.45, 7) is 6.47. The highest BCUT2D eigenvalue weighted by atomic mass is 32.1. The van der Waals surface area contributed by atoms with Gasteiger partial charge in [-0.1, -0.05) is 16.5 Å². The highest BCUT2D eigenvalue weighted by molar-refractivity contribution is 7.15. The molecular formula is C13H17N5O2S. The molecule has 7 nitrogen and oxygen atoms in total. The molecule has 2 aromatic heterocycles. The number of aromatic nitrogens is 4. The van der Waals surface area contributed by atoms with Gasteiger partial charge in [0.15, 0.2) is 5.82 Å². The van der Waals surface area contributed by atoms with E-state index >= 15 is 0 Å². The molecule has 0 N–H and O–H groups in total. The van der Waals surface area contributed by atoms with Gasteiger partial charge in [-0.3, -0.25) is 0 Å². The van der Waals surface area contributed by atoms with E-state index in [9.17, 15) is 0 Å². The van der Waals surface area contributed by atoms with Gasteiger partial charge in [0, 0.05) is 25.4 Å². The van der Waals surface area contributed by atoms with E-state index in [4.69, 9.17) is 9.26 Å². The fourth-order valence-corrected chi connectivity index (χ4v) is 3.93. The van der Waals surface area contributed by atoms with E-state index in [1.807, 2.05) is 13.8 Å². The summed E-state index contributed by atoms with van der Waals surface area (Å²) in [7, 11) is 0. The molecule has 2 aliphatic heterocycles. The molecule has 0 unspecified atom stereocenters. The number of hydrogen-bond donors (Lipinski definition) is 0. The number of hydrogen-bond acceptors (Lipinski definition) is 8. The van der Waals surface area contributed by atoms with Crippen molar-refractivity contribution >= 4 is 16.5 Å². The molecule has 2 aromatic rings. The average molecular weight is 307 g/mol. The molecule has 0 bridgehead atoms. The van der Waals surface area contributed by atoms with Crippen molar-refractivity contribution in [2.24, 2.45) is 11.8 Å². The lowest BCUT2D eigenvalue weighted by Crippen LogP contribution is -2.24. The minimum absolute atomic E-state index is 0.281. The standard InChI is InChI=1S/C13H17N5O2S/c1-7-14-12(20-17-7)3-9-6-19-11-5-18(4-10(9)11)13-16-15-8(2)21-13/h9-11H,3-6H2,1-2H3/t9-,10+,11+/m0/s1.